The average molecular weight is 298 g/mol. The van der Waals surface area contributed by atoms with E-state index in [9.17, 15) is 0 Å². The number of nitrogens with one attached hydrogen (secondary N) is 1. The van der Waals surface area contributed by atoms with Crippen LogP contribution in [0.1, 0.15) is 24.0 Å². The highest BCUT2D eigenvalue weighted by atomic mass is 35.5. The summed E-state index contributed by atoms with van der Waals surface area (Å²) in [6.07, 6.45) is 2.23. The molecule has 0 atom stereocenters. The predicted molar refractivity (Wildman–Crippen MR) is 79.2 cm³/mol. The fraction of sp³-hybridized carbons (Fsp3) is 0.500. The van der Waals surface area contributed by atoms with Gasteiger partial charge in [-0.25, -0.2) is 0 Å². The van der Waals surface area contributed by atoms with Crippen molar-refractivity contribution < 1.29 is 9.94 Å². The maximum atomic E-state index is 8.63. The minimum absolute atomic E-state index is 0.0635. The zero-order valence-electron chi connectivity index (χ0n) is 11.3. The number of hydrogen-bond acceptors (Lipinski definition) is 4. The number of ether oxygens (including phenoxy) is 1. The van der Waals surface area contributed by atoms with Crippen LogP contribution in [-0.4, -0.2) is 30.8 Å². The van der Waals surface area contributed by atoms with E-state index < -0.39 is 0 Å². The van der Waals surface area contributed by atoms with Gasteiger partial charge >= 0.3 is 0 Å². The van der Waals surface area contributed by atoms with E-state index in [0.717, 1.165) is 38.2 Å². The predicted octanol–water partition coefficient (Wildman–Crippen LogP) is 1.95. The third kappa shape index (κ3) is 4.10. The fourth-order valence-corrected chi connectivity index (χ4v) is 2.52. The van der Waals surface area contributed by atoms with Gasteiger partial charge in [0.2, 0.25) is 0 Å². The first kappa shape index (κ1) is 15.1. The van der Waals surface area contributed by atoms with Gasteiger partial charge in [-0.05, 0) is 36.9 Å². The van der Waals surface area contributed by atoms with E-state index in [2.05, 4.69) is 10.5 Å². The number of nitrogens with zero attached hydrogens (tertiary/aromatic N) is 1. The third-order valence-corrected chi connectivity index (χ3v) is 3.90. The van der Waals surface area contributed by atoms with Crippen LogP contribution in [-0.2, 0) is 11.3 Å². The molecule has 1 aromatic carbocycles. The molecule has 0 amide bonds. The summed E-state index contributed by atoms with van der Waals surface area (Å²) in [6, 6.07) is 5.40. The van der Waals surface area contributed by atoms with Gasteiger partial charge in [0.1, 0.15) is 0 Å². The molecule has 0 unspecified atom stereocenters. The molecule has 1 fully saturated rings. The lowest BCUT2D eigenvalue weighted by atomic mass is 10.0. The van der Waals surface area contributed by atoms with Crippen molar-refractivity contribution in [1.82, 2.24) is 5.32 Å². The molecule has 0 aliphatic carbocycles. The molecule has 1 saturated heterocycles. The Hall–Kier alpha value is -1.30. The molecule has 0 saturated carbocycles. The molecule has 0 bridgehead atoms. The fourth-order valence-electron chi connectivity index (χ4n) is 2.27. The van der Waals surface area contributed by atoms with Gasteiger partial charge in [0, 0.05) is 30.3 Å². The van der Waals surface area contributed by atoms with Crippen LogP contribution in [0.5, 0.6) is 0 Å². The van der Waals surface area contributed by atoms with Crippen LogP contribution in [0.3, 0.4) is 0 Å². The molecule has 0 spiro atoms. The number of halogens is 1. The monoisotopic (exact) mass is 297 g/mol. The molecular weight excluding hydrogens is 278 g/mol. The first-order valence-corrected chi connectivity index (χ1v) is 7.13. The molecule has 1 aliphatic heterocycles. The van der Waals surface area contributed by atoms with Crippen LogP contribution < -0.4 is 11.1 Å². The lowest BCUT2D eigenvalue weighted by Crippen LogP contribution is -2.27. The molecule has 1 heterocycles. The topological polar surface area (TPSA) is 79.9 Å². The van der Waals surface area contributed by atoms with Crippen molar-refractivity contribution in [3.05, 3.63) is 34.3 Å². The van der Waals surface area contributed by atoms with Gasteiger partial charge in [0.25, 0.3) is 0 Å². The summed E-state index contributed by atoms with van der Waals surface area (Å²) in [7, 11) is 0. The minimum Gasteiger partial charge on any atom is -0.409 e. The van der Waals surface area contributed by atoms with Crippen molar-refractivity contribution in [1.29, 1.82) is 0 Å². The Morgan fingerprint density at radius 2 is 2.20 bits per heavy atom. The lowest BCUT2D eigenvalue weighted by Gasteiger charge is -2.22. The normalized spacial score (nSPS) is 17.4. The number of nitrogens with two attached hydrogens (primary N) is 1. The number of amidine groups is 1. The van der Waals surface area contributed by atoms with E-state index in [-0.39, 0.29) is 5.84 Å². The lowest BCUT2D eigenvalue weighted by molar-refractivity contribution is 0.0662. The number of hydrogen-bond donors (Lipinski definition) is 3. The summed E-state index contributed by atoms with van der Waals surface area (Å²) in [6.45, 7) is 3.41. The van der Waals surface area contributed by atoms with Crippen molar-refractivity contribution >= 4 is 17.4 Å². The van der Waals surface area contributed by atoms with Crippen LogP contribution in [0.4, 0.5) is 0 Å². The standard InChI is InChI=1S/C14H20ClN3O2/c15-13-7-11(14(16)18-19)1-2-12(13)9-17-8-10-3-5-20-6-4-10/h1-2,7,10,17,19H,3-6,8-9H2,(H2,16,18). The molecule has 6 heteroatoms. The molecule has 5 nitrogen and oxygen atoms in total. The second-order valence-electron chi connectivity index (χ2n) is 4.98. The highest BCUT2D eigenvalue weighted by Gasteiger charge is 2.13. The van der Waals surface area contributed by atoms with Crippen LogP contribution in [0.15, 0.2) is 23.4 Å². The summed E-state index contributed by atoms with van der Waals surface area (Å²) < 4.78 is 5.34. The van der Waals surface area contributed by atoms with Crippen molar-refractivity contribution in [3.63, 3.8) is 0 Å². The molecule has 1 aliphatic rings. The Bertz CT molecular complexity index is 473. The van der Waals surface area contributed by atoms with Gasteiger partial charge < -0.3 is 21.0 Å². The molecule has 0 aromatic heterocycles. The Morgan fingerprint density at radius 1 is 1.45 bits per heavy atom. The molecule has 20 heavy (non-hydrogen) atoms. The molecule has 4 N–H and O–H groups in total. The highest BCUT2D eigenvalue weighted by Crippen LogP contribution is 2.18. The van der Waals surface area contributed by atoms with Gasteiger partial charge in [-0.2, -0.15) is 0 Å². The largest absolute Gasteiger partial charge is 0.409 e. The molecule has 110 valence electrons. The van der Waals surface area contributed by atoms with Crippen molar-refractivity contribution in [2.45, 2.75) is 19.4 Å². The van der Waals surface area contributed by atoms with Crippen molar-refractivity contribution in [2.75, 3.05) is 19.8 Å². The first-order valence-electron chi connectivity index (χ1n) is 6.75. The van der Waals surface area contributed by atoms with Gasteiger partial charge in [0.05, 0.1) is 0 Å². The molecule has 1 aromatic rings. The first-order chi connectivity index (χ1) is 9.70. The number of rotatable bonds is 5. The Balaban J connectivity index is 1.86. The van der Waals surface area contributed by atoms with Gasteiger partial charge in [-0.3, -0.25) is 0 Å². The van der Waals surface area contributed by atoms with E-state index in [1.54, 1.807) is 12.1 Å². The minimum atomic E-state index is 0.0635. The van der Waals surface area contributed by atoms with Gasteiger partial charge in [-0.15, -0.1) is 0 Å². The Labute approximate surface area is 123 Å². The summed E-state index contributed by atoms with van der Waals surface area (Å²) >= 11 is 6.20. The SMILES string of the molecule is N/C(=N/O)c1ccc(CNCC2CCOCC2)c(Cl)c1. The van der Waals surface area contributed by atoms with E-state index >= 15 is 0 Å². The number of benzene rings is 1. The van der Waals surface area contributed by atoms with Crippen LogP contribution in [0.25, 0.3) is 0 Å². The molecule has 2 rings (SSSR count). The second kappa shape index (κ2) is 7.47. The Morgan fingerprint density at radius 3 is 2.85 bits per heavy atom. The van der Waals surface area contributed by atoms with Gasteiger partial charge in [-0.1, -0.05) is 28.9 Å². The average Bonchev–Trinajstić information content (AvgIpc) is 2.49. The molecular formula is C14H20ClN3O2. The number of oxime groups is 1. The highest BCUT2D eigenvalue weighted by molar-refractivity contribution is 6.31. The van der Waals surface area contributed by atoms with Crippen LogP contribution in [0, 0.1) is 5.92 Å². The maximum absolute atomic E-state index is 8.63. The quantitative estimate of drug-likeness (QED) is 0.336. The maximum Gasteiger partial charge on any atom is 0.170 e. The second-order valence-corrected chi connectivity index (χ2v) is 5.39. The van der Waals surface area contributed by atoms with E-state index in [4.69, 9.17) is 27.3 Å². The summed E-state index contributed by atoms with van der Waals surface area (Å²) in [5.41, 5.74) is 7.15. The van der Waals surface area contributed by atoms with Crippen molar-refractivity contribution in [3.8, 4) is 0 Å². The van der Waals surface area contributed by atoms with Crippen LogP contribution in [0.2, 0.25) is 5.02 Å². The zero-order valence-corrected chi connectivity index (χ0v) is 12.1. The summed E-state index contributed by atoms with van der Waals surface area (Å²) in [4.78, 5) is 0. The van der Waals surface area contributed by atoms with Crippen LogP contribution >= 0.6 is 11.6 Å². The zero-order chi connectivity index (χ0) is 14.4. The Kier molecular flexibility index (Phi) is 5.64. The molecule has 0 radical (unpaired) electrons. The summed E-state index contributed by atoms with van der Waals surface area (Å²) in [5.74, 6) is 0.743. The smallest absolute Gasteiger partial charge is 0.170 e. The van der Waals surface area contributed by atoms with E-state index in [0.29, 0.717) is 23.0 Å². The van der Waals surface area contributed by atoms with E-state index in [1.165, 1.54) is 0 Å². The van der Waals surface area contributed by atoms with Gasteiger partial charge in [0.15, 0.2) is 5.84 Å². The third-order valence-electron chi connectivity index (χ3n) is 3.55. The van der Waals surface area contributed by atoms with Crippen molar-refractivity contribution in [2.24, 2.45) is 16.8 Å². The summed E-state index contributed by atoms with van der Waals surface area (Å²) in [5, 5.41) is 15.6. The van der Waals surface area contributed by atoms with E-state index in [1.807, 2.05) is 6.07 Å².